The number of carboxylic acids is 1. The summed E-state index contributed by atoms with van der Waals surface area (Å²) in [5.74, 6) is -0.982. The average Bonchev–Trinajstić information content (AvgIpc) is 2.80. The summed E-state index contributed by atoms with van der Waals surface area (Å²) >= 11 is 0. The van der Waals surface area contributed by atoms with E-state index in [1.54, 1.807) is 13.2 Å². The SMILES string of the molecule is Cn1cc(C(=O)O)c(-c2ccc3cccnc3c2)n1. The van der Waals surface area contributed by atoms with Gasteiger partial charge in [-0.15, -0.1) is 0 Å². The number of aromatic carboxylic acids is 1. The predicted octanol–water partition coefficient (Wildman–Crippen LogP) is 2.33. The summed E-state index contributed by atoms with van der Waals surface area (Å²) in [5.41, 5.74) is 2.23. The van der Waals surface area contributed by atoms with Gasteiger partial charge < -0.3 is 5.11 Å². The van der Waals surface area contributed by atoms with Crippen molar-refractivity contribution in [1.29, 1.82) is 0 Å². The highest BCUT2D eigenvalue weighted by molar-refractivity contribution is 5.96. The molecule has 2 heterocycles. The Labute approximate surface area is 109 Å². The zero-order chi connectivity index (χ0) is 13.4. The topological polar surface area (TPSA) is 68.0 Å². The van der Waals surface area contributed by atoms with Crippen molar-refractivity contribution < 1.29 is 9.90 Å². The van der Waals surface area contributed by atoms with Crippen molar-refractivity contribution in [3.63, 3.8) is 0 Å². The normalized spacial score (nSPS) is 10.8. The van der Waals surface area contributed by atoms with Crippen LogP contribution in [0, 0.1) is 0 Å². The number of nitrogens with zero attached hydrogens (tertiary/aromatic N) is 3. The van der Waals surface area contributed by atoms with Gasteiger partial charge >= 0.3 is 5.97 Å². The number of aromatic nitrogens is 3. The van der Waals surface area contributed by atoms with Gasteiger partial charge in [0.2, 0.25) is 0 Å². The summed E-state index contributed by atoms with van der Waals surface area (Å²) in [5, 5.41) is 14.4. The molecule has 0 amide bonds. The number of rotatable bonds is 2. The summed E-state index contributed by atoms with van der Waals surface area (Å²) in [6.07, 6.45) is 3.21. The van der Waals surface area contributed by atoms with Crippen molar-refractivity contribution in [2.45, 2.75) is 0 Å². The molecule has 0 aliphatic carbocycles. The molecule has 1 aromatic carbocycles. The third-order valence-electron chi connectivity index (χ3n) is 2.94. The maximum absolute atomic E-state index is 11.2. The highest BCUT2D eigenvalue weighted by Crippen LogP contribution is 2.25. The van der Waals surface area contributed by atoms with E-state index in [1.807, 2.05) is 30.3 Å². The second kappa shape index (κ2) is 4.20. The van der Waals surface area contributed by atoms with E-state index in [0.717, 1.165) is 16.5 Å². The van der Waals surface area contributed by atoms with Crippen LogP contribution in [0.4, 0.5) is 0 Å². The van der Waals surface area contributed by atoms with Gasteiger partial charge in [0.25, 0.3) is 0 Å². The second-order valence-electron chi connectivity index (χ2n) is 4.28. The largest absolute Gasteiger partial charge is 0.478 e. The fraction of sp³-hybridized carbons (Fsp3) is 0.0714. The van der Waals surface area contributed by atoms with Crippen LogP contribution in [-0.2, 0) is 7.05 Å². The molecule has 0 saturated carbocycles. The molecule has 0 bridgehead atoms. The van der Waals surface area contributed by atoms with Gasteiger partial charge in [0.05, 0.1) is 5.52 Å². The van der Waals surface area contributed by atoms with Gasteiger partial charge in [0.1, 0.15) is 11.3 Å². The lowest BCUT2D eigenvalue weighted by atomic mass is 10.1. The summed E-state index contributed by atoms with van der Waals surface area (Å²) < 4.78 is 1.50. The fourth-order valence-corrected chi connectivity index (χ4v) is 2.07. The molecule has 94 valence electrons. The number of carboxylic acid groups (broad SMARTS) is 1. The first-order valence-corrected chi connectivity index (χ1v) is 5.77. The van der Waals surface area contributed by atoms with Gasteiger partial charge in [-0.1, -0.05) is 18.2 Å². The molecule has 3 aromatic rings. The predicted molar refractivity (Wildman–Crippen MR) is 70.9 cm³/mol. The summed E-state index contributed by atoms with van der Waals surface area (Å²) in [7, 11) is 1.70. The monoisotopic (exact) mass is 253 g/mol. The quantitative estimate of drug-likeness (QED) is 0.761. The molecule has 0 aliphatic heterocycles. The molecular weight excluding hydrogens is 242 g/mol. The first-order valence-electron chi connectivity index (χ1n) is 5.77. The number of pyridine rings is 1. The lowest BCUT2D eigenvalue weighted by Gasteiger charge is -2.01. The van der Waals surface area contributed by atoms with Crippen LogP contribution in [0.25, 0.3) is 22.2 Å². The zero-order valence-corrected chi connectivity index (χ0v) is 10.2. The second-order valence-corrected chi connectivity index (χ2v) is 4.28. The van der Waals surface area contributed by atoms with E-state index in [1.165, 1.54) is 10.9 Å². The summed E-state index contributed by atoms with van der Waals surface area (Å²) in [6.45, 7) is 0. The van der Waals surface area contributed by atoms with Gasteiger partial charge in [0.15, 0.2) is 0 Å². The number of benzene rings is 1. The fourth-order valence-electron chi connectivity index (χ4n) is 2.07. The number of carbonyl (C=O) groups is 1. The summed E-state index contributed by atoms with van der Waals surface area (Å²) in [4.78, 5) is 15.5. The molecule has 0 saturated heterocycles. The molecule has 1 N–H and O–H groups in total. The molecule has 0 atom stereocenters. The average molecular weight is 253 g/mol. The minimum Gasteiger partial charge on any atom is -0.478 e. The van der Waals surface area contributed by atoms with E-state index in [-0.39, 0.29) is 5.56 Å². The first-order chi connectivity index (χ1) is 9.15. The van der Waals surface area contributed by atoms with Crippen molar-refractivity contribution in [3.8, 4) is 11.3 Å². The third-order valence-corrected chi connectivity index (χ3v) is 2.94. The standard InChI is InChI=1S/C14H11N3O2/c1-17-8-11(14(18)19)13(16-17)10-5-4-9-3-2-6-15-12(9)7-10/h2-8H,1H3,(H,18,19). The van der Waals surface area contributed by atoms with Crippen molar-refractivity contribution in [2.24, 2.45) is 7.05 Å². The van der Waals surface area contributed by atoms with Crippen molar-refractivity contribution in [2.75, 3.05) is 0 Å². The van der Waals surface area contributed by atoms with E-state index in [4.69, 9.17) is 0 Å². The Kier molecular flexibility index (Phi) is 2.52. The minimum atomic E-state index is -0.982. The number of fused-ring (bicyclic) bond motifs is 1. The smallest absolute Gasteiger partial charge is 0.339 e. The Morgan fingerprint density at radius 3 is 2.95 bits per heavy atom. The Balaban J connectivity index is 2.21. The van der Waals surface area contributed by atoms with E-state index in [2.05, 4.69) is 10.1 Å². The summed E-state index contributed by atoms with van der Waals surface area (Å²) in [6, 6.07) is 9.45. The van der Waals surface area contributed by atoms with Crippen LogP contribution in [0.3, 0.4) is 0 Å². The molecule has 5 heteroatoms. The van der Waals surface area contributed by atoms with Crippen molar-refractivity contribution in [3.05, 3.63) is 48.3 Å². The highest BCUT2D eigenvalue weighted by Gasteiger charge is 2.16. The van der Waals surface area contributed by atoms with Gasteiger partial charge in [-0.05, 0) is 12.1 Å². The number of hydrogen-bond donors (Lipinski definition) is 1. The van der Waals surface area contributed by atoms with Crippen molar-refractivity contribution >= 4 is 16.9 Å². The van der Waals surface area contributed by atoms with E-state index in [9.17, 15) is 9.90 Å². The molecular formula is C14H11N3O2. The van der Waals surface area contributed by atoms with Gasteiger partial charge in [-0.3, -0.25) is 9.67 Å². The van der Waals surface area contributed by atoms with E-state index < -0.39 is 5.97 Å². The van der Waals surface area contributed by atoms with Crippen LogP contribution in [0.5, 0.6) is 0 Å². The molecule has 0 unspecified atom stereocenters. The molecule has 3 rings (SSSR count). The lowest BCUT2D eigenvalue weighted by Crippen LogP contribution is -1.96. The van der Waals surface area contributed by atoms with Crippen LogP contribution < -0.4 is 0 Å². The van der Waals surface area contributed by atoms with Gasteiger partial charge in [-0.2, -0.15) is 5.10 Å². The van der Waals surface area contributed by atoms with Crippen molar-refractivity contribution in [1.82, 2.24) is 14.8 Å². The molecule has 5 nitrogen and oxygen atoms in total. The molecule has 19 heavy (non-hydrogen) atoms. The first kappa shape index (κ1) is 11.4. The lowest BCUT2D eigenvalue weighted by molar-refractivity contribution is 0.0697. The molecule has 0 radical (unpaired) electrons. The number of aryl methyl sites for hydroxylation is 1. The molecule has 2 aromatic heterocycles. The Morgan fingerprint density at radius 2 is 2.16 bits per heavy atom. The van der Waals surface area contributed by atoms with Gasteiger partial charge in [-0.25, -0.2) is 4.79 Å². The Morgan fingerprint density at radius 1 is 1.32 bits per heavy atom. The van der Waals surface area contributed by atoms with Crippen LogP contribution >= 0.6 is 0 Å². The van der Waals surface area contributed by atoms with Crippen LogP contribution in [0.15, 0.2) is 42.7 Å². The number of hydrogen-bond acceptors (Lipinski definition) is 3. The Hall–Kier alpha value is -2.69. The maximum Gasteiger partial charge on any atom is 0.339 e. The minimum absolute atomic E-state index is 0.192. The zero-order valence-electron chi connectivity index (χ0n) is 10.2. The van der Waals surface area contributed by atoms with E-state index >= 15 is 0 Å². The van der Waals surface area contributed by atoms with Crippen LogP contribution in [-0.4, -0.2) is 25.8 Å². The van der Waals surface area contributed by atoms with Crippen LogP contribution in [0.1, 0.15) is 10.4 Å². The van der Waals surface area contributed by atoms with E-state index in [0.29, 0.717) is 5.69 Å². The molecule has 0 aliphatic rings. The Bertz CT molecular complexity index is 777. The van der Waals surface area contributed by atoms with Gasteiger partial charge in [0, 0.05) is 30.4 Å². The van der Waals surface area contributed by atoms with Crippen LogP contribution in [0.2, 0.25) is 0 Å². The third kappa shape index (κ3) is 1.95. The molecule has 0 fully saturated rings. The highest BCUT2D eigenvalue weighted by atomic mass is 16.4. The maximum atomic E-state index is 11.2. The molecule has 0 spiro atoms.